The molecule has 0 aliphatic carbocycles. The zero-order valence-corrected chi connectivity index (χ0v) is 15.9. The van der Waals surface area contributed by atoms with Gasteiger partial charge in [0.05, 0.1) is 13.2 Å². The molecule has 0 saturated heterocycles. The van der Waals surface area contributed by atoms with Crippen molar-refractivity contribution < 1.29 is 24.2 Å². The van der Waals surface area contributed by atoms with Crippen molar-refractivity contribution in [3.8, 4) is 5.75 Å². The van der Waals surface area contributed by atoms with Crippen LogP contribution in [0.4, 0.5) is 0 Å². The van der Waals surface area contributed by atoms with Gasteiger partial charge in [-0.2, -0.15) is 0 Å². The first-order valence-electron chi connectivity index (χ1n) is 8.55. The summed E-state index contributed by atoms with van der Waals surface area (Å²) in [6.45, 7) is 11.6. The number of carbonyl (C=O) groups excluding carboxylic acids is 1. The van der Waals surface area contributed by atoms with Crippen LogP contribution in [-0.2, 0) is 14.3 Å². The fraction of sp³-hybridized carbons (Fsp3) is 0.500. The minimum absolute atomic E-state index is 0.295. The summed E-state index contributed by atoms with van der Waals surface area (Å²) < 4.78 is 10.2. The number of benzene rings is 1. The second kappa shape index (κ2) is 18.0. The van der Waals surface area contributed by atoms with Crippen molar-refractivity contribution in [1.82, 2.24) is 0 Å². The molecule has 0 aliphatic heterocycles. The summed E-state index contributed by atoms with van der Waals surface area (Å²) in [5.41, 5.74) is 0.462. The first-order valence-corrected chi connectivity index (χ1v) is 8.55. The first-order chi connectivity index (χ1) is 11.8. The van der Waals surface area contributed by atoms with Crippen molar-refractivity contribution >= 4 is 11.9 Å². The lowest BCUT2D eigenvalue weighted by atomic mass is 10.3. The zero-order valence-electron chi connectivity index (χ0n) is 15.9. The van der Waals surface area contributed by atoms with E-state index in [9.17, 15) is 4.79 Å². The number of rotatable bonds is 8. The smallest absolute Gasteiger partial charge is 0.333 e. The fourth-order valence-corrected chi connectivity index (χ4v) is 1.38. The first kappa shape index (κ1) is 24.9. The van der Waals surface area contributed by atoms with Gasteiger partial charge >= 0.3 is 5.97 Å². The Morgan fingerprint density at radius 3 is 2.00 bits per heavy atom. The highest BCUT2D eigenvalue weighted by Crippen LogP contribution is 2.08. The predicted molar refractivity (Wildman–Crippen MR) is 101 cm³/mol. The molecule has 1 aromatic carbocycles. The molecule has 1 aromatic rings. The van der Waals surface area contributed by atoms with Crippen molar-refractivity contribution in [1.29, 1.82) is 0 Å². The predicted octanol–water partition coefficient (Wildman–Crippen LogP) is 4.86. The second-order valence-corrected chi connectivity index (χ2v) is 5.30. The molecule has 0 unspecified atom stereocenters. The number of para-hydroxylation sites is 1. The van der Waals surface area contributed by atoms with Crippen molar-refractivity contribution in [2.24, 2.45) is 0 Å². The molecule has 0 radical (unpaired) electrons. The summed E-state index contributed by atoms with van der Waals surface area (Å²) in [5, 5.41) is 7.42. The van der Waals surface area contributed by atoms with Crippen LogP contribution in [-0.4, -0.2) is 30.3 Å². The maximum atomic E-state index is 10.6. The lowest BCUT2D eigenvalue weighted by Crippen LogP contribution is -2.04. The third kappa shape index (κ3) is 21.7. The van der Waals surface area contributed by atoms with Crippen LogP contribution in [0.15, 0.2) is 42.5 Å². The van der Waals surface area contributed by atoms with E-state index in [1.54, 1.807) is 6.92 Å². The fourth-order valence-electron chi connectivity index (χ4n) is 1.38. The number of ether oxygens (including phenoxy) is 2. The Balaban J connectivity index is 0. The van der Waals surface area contributed by atoms with Crippen LogP contribution in [0.5, 0.6) is 5.75 Å². The van der Waals surface area contributed by atoms with Crippen LogP contribution in [0, 0.1) is 0 Å². The van der Waals surface area contributed by atoms with E-state index in [2.05, 4.69) is 13.5 Å². The van der Waals surface area contributed by atoms with Crippen LogP contribution in [0.2, 0.25) is 0 Å². The topological polar surface area (TPSA) is 72.8 Å². The SMILES string of the molecule is C=C(C)C(=O)OCCC.CC(=O)O.CCCCCOc1ccccc1. The average molecular weight is 352 g/mol. The van der Waals surface area contributed by atoms with Crippen LogP contribution < -0.4 is 4.74 Å². The molecule has 0 atom stereocenters. The van der Waals surface area contributed by atoms with Gasteiger partial charge in [-0.3, -0.25) is 4.79 Å². The maximum Gasteiger partial charge on any atom is 0.333 e. The number of carbonyl (C=O) groups is 2. The van der Waals surface area contributed by atoms with Gasteiger partial charge in [0.25, 0.3) is 5.97 Å². The molecule has 0 spiro atoms. The van der Waals surface area contributed by atoms with E-state index in [1.807, 2.05) is 37.3 Å². The number of hydrogen-bond donors (Lipinski definition) is 1. The Morgan fingerprint density at radius 1 is 1.00 bits per heavy atom. The van der Waals surface area contributed by atoms with E-state index in [0.717, 1.165) is 32.1 Å². The monoisotopic (exact) mass is 352 g/mol. The molecule has 25 heavy (non-hydrogen) atoms. The molecule has 1 rings (SSSR count). The van der Waals surface area contributed by atoms with E-state index in [0.29, 0.717) is 12.2 Å². The molecule has 0 bridgehead atoms. The normalized spacial score (nSPS) is 8.80. The Morgan fingerprint density at radius 2 is 1.56 bits per heavy atom. The van der Waals surface area contributed by atoms with Gasteiger partial charge in [0, 0.05) is 12.5 Å². The van der Waals surface area contributed by atoms with Gasteiger partial charge in [-0.25, -0.2) is 4.79 Å². The van der Waals surface area contributed by atoms with Crippen LogP contribution in [0.1, 0.15) is 53.4 Å². The molecule has 0 heterocycles. The molecule has 0 aromatic heterocycles. The highest BCUT2D eigenvalue weighted by Gasteiger charge is 1.99. The minimum Gasteiger partial charge on any atom is -0.494 e. The molecule has 0 saturated carbocycles. The lowest BCUT2D eigenvalue weighted by molar-refractivity contribution is -0.139. The number of unbranched alkanes of at least 4 members (excludes halogenated alkanes) is 2. The van der Waals surface area contributed by atoms with Crippen LogP contribution >= 0.6 is 0 Å². The summed E-state index contributed by atoms with van der Waals surface area (Å²) in [4.78, 5) is 19.6. The molecular formula is C20H32O5. The van der Waals surface area contributed by atoms with Crippen molar-refractivity contribution in [3.63, 3.8) is 0 Å². The molecule has 0 aliphatic rings. The Kier molecular flexibility index (Phi) is 18.0. The van der Waals surface area contributed by atoms with Gasteiger partial charge in [0.2, 0.25) is 0 Å². The van der Waals surface area contributed by atoms with Gasteiger partial charge in [-0.1, -0.05) is 51.5 Å². The van der Waals surface area contributed by atoms with Gasteiger partial charge in [0.1, 0.15) is 5.75 Å². The van der Waals surface area contributed by atoms with Gasteiger partial charge in [0.15, 0.2) is 0 Å². The molecule has 5 heteroatoms. The molecule has 1 N–H and O–H groups in total. The minimum atomic E-state index is -0.833. The average Bonchev–Trinajstić information content (AvgIpc) is 2.57. The largest absolute Gasteiger partial charge is 0.494 e. The van der Waals surface area contributed by atoms with E-state index in [4.69, 9.17) is 19.4 Å². The molecule has 0 amide bonds. The van der Waals surface area contributed by atoms with Gasteiger partial charge in [-0.05, 0) is 31.9 Å². The Hall–Kier alpha value is -2.30. The summed E-state index contributed by atoms with van der Waals surface area (Å²) in [5.74, 6) is -0.148. The number of aliphatic carboxylic acids is 1. The van der Waals surface area contributed by atoms with E-state index >= 15 is 0 Å². The number of esters is 1. The maximum absolute atomic E-state index is 10.6. The number of carboxylic acid groups (broad SMARTS) is 1. The molecule has 5 nitrogen and oxygen atoms in total. The second-order valence-electron chi connectivity index (χ2n) is 5.30. The molecule has 0 fully saturated rings. The van der Waals surface area contributed by atoms with Crippen LogP contribution in [0.3, 0.4) is 0 Å². The van der Waals surface area contributed by atoms with Crippen LogP contribution in [0.25, 0.3) is 0 Å². The quantitative estimate of drug-likeness (QED) is 0.411. The summed E-state index contributed by atoms with van der Waals surface area (Å²) >= 11 is 0. The molecular weight excluding hydrogens is 320 g/mol. The van der Waals surface area contributed by atoms with Crippen molar-refractivity contribution in [2.75, 3.05) is 13.2 Å². The van der Waals surface area contributed by atoms with Gasteiger partial charge in [-0.15, -0.1) is 0 Å². The zero-order chi connectivity index (χ0) is 19.5. The Labute approximate surface area is 151 Å². The van der Waals surface area contributed by atoms with Crippen molar-refractivity contribution in [2.45, 2.75) is 53.4 Å². The van der Waals surface area contributed by atoms with E-state index in [-0.39, 0.29) is 5.97 Å². The standard InChI is InChI=1S/C11H16O.C7H12O2.C2H4O2/c1-2-3-7-10-12-11-8-5-4-6-9-11;1-4-5-9-7(8)6(2)3;1-2(3)4/h4-6,8-9H,2-3,7,10H2,1H3;2,4-5H2,1,3H3;1H3,(H,3,4). The third-order valence-electron chi connectivity index (χ3n) is 2.55. The van der Waals surface area contributed by atoms with E-state index < -0.39 is 5.97 Å². The van der Waals surface area contributed by atoms with E-state index in [1.165, 1.54) is 12.8 Å². The lowest BCUT2D eigenvalue weighted by Gasteiger charge is -2.04. The molecule has 142 valence electrons. The Bertz CT molecular complexity index is 464. The summed E-state index contributed by atoms with van der Waals surface area (Å²) in [7, 11) is 0. The van der Waals surface area contributed by atoms with Gasteiger partial charge < -0.3 is 14.6 Å². The third-order valence-corrected chi connectivity index (χ3v) is 2.55. The number of carboxylic acids is 1. The summed E-state index contributed by atoms with van der Waals surface area (Å²) in [6, 6.07) is 9.97. The summed E-state index contributed by atoms with van der Waals surface area (Å²) in [6.07, 6.45) is 4.52. The highest BCUT2D eigenvalue weighted by molar-refractivity contribution is 5.86. The van der Waals surface area contributed by atoms with Crippen molar-refractivity contribution in [3.05, 3.63) is 42.5 Å². The number of hydrogen-bond acceptors (Lipinski definition) is 4. The highest BCUT2D eigenvalue weighted by atomic mass is 16.5.